The van der Waals surface area contributed by atoms with E-state index in [1.807, 2.05) is 22.6 Å². The molecule has 2 rings (SSSR count). The summed E-state index contributed by atoms with van der Waals surface area (Å²) in [6.07, 6.45) is 0. The molecule has 0 saturated heterocycles. The van der Waals surface area contributed by atoms with Gasteiger partial charge in [0.05, 0.1) is 10.9 Å². The Labute approximate surface area is 108 Å². The van der Waals surface area contributed by atoms with Crippen LogP contribution in [0, 0.1) is 3.57 Å². The minimum absolute atomic E-state index is 0.143. The average molecular weight is 346 g/mol. The summed E-state index contributed by atoms with van der Waals surface area (Å²) >= 11 is 7.82. The van der Waals surface area contributed by atoms with Crippen LogP contribution in [0.1, 0.15) is 10.5 Å². The predicted octanol–water partition coefficient (Wildman–Crippen LogP) is 2.48. The van der Waals surface area contributed by atoms with E-state index in [1.54, 1.807) is 6.07 Å². The lowest BCUT2D eigenvalue weighted by atomic mass is 10.2. The number of rotatable bonds is 1. The summed E-state index contributed by atoms with van der Waals surface area (Å²) in [5.74, 6) is -1.17. The zero-order chi connectivity index (χ0) is 11.9. The molecule has 0 unspecified atom stereocenters. The van der Waals surface area contributed by atoms with Crippen LogP contribution in [0.25, 0.3) is 10.9 Å². The highest BCUT2D eigenvalue weighted by atomic mass is 123. The minimum atomic E-state index is -1.17. The number of aromatic nitrogens is 1. The monoisotopic (exact) mass is 345 g/mol. The first-order chi connectivity index (χ1) is 7.49. The molecular weight excluding hydrogens is 340 g/mol. The number of halogens is 2. The fourth-order valence-corrected chi connectivity index (χ4v) is 2.72. The van der Waals surface area contributed by atoms with E-state index in [0.29, 0.717) is 19.5 Å². The third-order valence-electron chi connectivity index (χ3n) is 2.08. The molecule has 2 aromatic rings. The highest BCUT2D eigenvalue weighted by Gasteiger charge is 2.10. The fourth-order valence-electron chi connectivity index (χ4n) is 1.42. The van der Waals surface area contributed by atoms with Gasteiger partial charge in [-0.1, -0.05) is 11.6 Å². The Kier molecular flexibility index (Phi) is 2.90. The van der Waals surface area contributed by atoms with E-state index in [2.05, 4.69) is 4.98 Å². The number of benzene rings is 1. The number of carboxylic acid groups (broad SMARTS) is 1. The van der Waals surface area contributed by atoms with E-state index in [-0.39, 0.29) is 11.1 Å². The molecule has 0 spiro atoms. The van der Waals surface area contributed by atoms with Crippen molar-refractivity contribution >= 4 is 51.1 Å². The van der Waals surface area contributed by atoms with E-state index >= 15 is 0 Å². The van der Waals surface area contributed by atoms with Crippen LogP contribution in [0.2, 0.25) is 5.02 Å². The molecule has 1 aromatic heterocycles. The van der Waals surface area contributed by atoms with Crippen molar-refractivity contribution in [3.05, 3.63) is 42.7 Å². The molecule has 0 aliphatic heterocycles. The maximum Gasteiger partial charge on any atom is 0.352 e. The molecule has 4 nitrogen and oxygen atoms in total. The molecule has 0 radical (unpaired) electrons. The number of aromatic carboxylic acids is 1. The van der Waals surface area contributed by atoms with Gasteiger partial charge in [-0.05, 0) is 34.7 Å². The van der Waals surface area contributed by atoms with Gasteiger partial charge in [-0.15, -0.1) is 0 Å². The minimum Gasteiger partial charge on any atom is -0.477 e. The molecule has 82 valence electrons. The summed E-state index contributed by atoms with van der Waals surface area (Å²) in [5.41, 5.74) is -0.0374. The van der Waals surface area contributed by atoms with Crippen LogP contribution < -0.4 is 5.43 Å². The molecule has 0 amide bonds. The van der Waals surface area contributed by atoms with E-state index < -0.39 is 5.97 Å². The van der Waals surface area contributed by atoms with Crippen molar-refractivity contribution in [3.8, 4) is 0 Å². The molecule has 16 heavy (non-hydrogen) atoms. The summed E-state index contributed by atoms with van der Waals surface area (Å²) in [5, 5.41) is 9.71. The Morgan fingerprint density at radius 3 is 2.69 bits per heavy atom. The lowest BCUT2D eigenvalue weighted by Crippen LogP contribution is -2.10. The summed E-state index contributed by atoms with van der Waals surface area (Å²) in [6, 6.07) is 4.26. The number of hydrogen-bond acceptors (Lipinski definition) is 2. The molecule has 0 aliphatic rings. The van der Waals surface area contributed by atoms with Gasteiger partial charge in [0.2, 0.25) is 0 Å². The van der Waals surface area contributed by atoms with Gasteiger partial charge in [-0.2, -0.15) is 0 Å². The Morgan fingerprint density at radius 1 is 1.38 bits per heavy atom. The molecule has 0 aliphatic carbocycles. The van der Waals surface area contributed by atoms with Gasteiger partial charge in [-0.3, -0.25) is 4.79 Å². The second kappa shape index (κ2) is 4.06. The van der Waals surface area contributed by atoms with Crippen LogP contribution in [0.4, 0.5) is 0 Å². The molecule has 1 heterocycles. The zero-order valence-electron chi connectivity index (χ0n) is 7.75. The number of carboxylic acids is 1. The fraction of sp³-hybridized carbons (Fsp3) is 0. The summed E-state index contributed by atoms with van der Waals surface area (Å²) < 4.78 is 0.693. The quantitative estimate of drug-likeness (QED) is 0.780. The van der Waals surface area contributed by atoms with Crippen molar-refractivity contribution in [1.29, 1.82) is 0 Å². The summed E-state index contributed by atoms with van der Waals surface area (Å²) in [4.78, 5) is 25.1. The number of fused-ring (bicyclic) bond motifs is 1. The molecule has 0 fully saturated rings. The first-order valence-electron chi connectivity index (χ1n) is 4.24. The Hall–Kier alpha value is -1.08. The Morgan fingerprint density at radius 2 is 2.06 bits per heavy atom. The first kappa shape index (κ1) is 11.4. The first-order valence-corrected chi connectivity index (χ1v) is 5.70. The number of nitrogens with one attached hydrogen (secondary N) is 1. The Balaban J connectivity index is 2.93. The third-order valence-corrected chi connectivity index (χ3v) is 3.15. The van der Waals surface area contributed by atoms with Crippen molar-refractivity contribution in [1.82, 2.24) is 4.98 Å². The van der Waals surface area contributed by atoms with Crippen LogP contribution in [0.15, 0.2) is 23.0 Å². The van der Waals surface area contributed by atoms with Crippen molar-refractivity contribution in [2.75, 3.05) is 0 Å². The Bertz CT molecular complexity index is 650. The average Bonchev–Trinajstić information content (AvgIpc) is 2.15. The number of hydrogen-bond donors (Lipinski definition) is 2. The maximum atomic E-state index is 11.7. The standard InChI is InChI=1S/C10H5ClINO3/c11-4-1-5(12)9-6(2-4)13-7(10(15)16)3-8(9)14/h1-3H,(H,13,14)(H,15,16)/i12-4. The van der Waals surface area contributed by atoms with Gasteiger partial charge in [0, 0.05) is 14.7 Å². The summed E-state index contributed by atoms with van der Waals surface area (Å²) in [6.45, 7) is 0. The highest BCUT2D eigenvalue weighted by molar-refractivity contribution is 14.1. The molecular formula is C10H5ClINO3. The molecule has 2 N–H and O–H groups in total. The van der Waals surface area contributed by atoms with Gasteiger partial charge in [0.25, 0.3) is 0 Å². The highest BCUT2D eigenvalue weighted by Crippen LogP contribution is 2.21. The van der Waals surface area contributed by atoms with Gasteiger partial charge in [0.15, 0.2) is 5.43 Å². The van der Waals surface area contributed by atoms with E-state index in [9.17, 15) is 9.59 Å². The largest absolute Gasteiger partial charge is 0.477 e. The van der Waals surface area contributed by atoms with Crippen LogP contribution in [0.5, 0.6) is 0 Å². The van der Waals surface area contributed by atoms with Crippen LogP contribution >= 0.6 is 34.2 Å². The SMILES string of the molecule is O=C(O)c1cc(=O)c2c([123I])cc(Cl)cc2[nH]1. The van der Waals surface area contributed by atoms with Crippen molar-refractivity contribution in [2.24, 2.45) is 0 Å². The molecule has 6 heteroatoms. The lowest BCUT2D eigenvalue weighted by Gasteiger charge is -2.03. The lowest BCUT2D eigenvalue weighted by molar-refractivity contribution is 0.0691. The number of pyridine rings is 1. The van der Waals surface area contributed by atoms with E-state index in [0.717, 1.165) is 6.07 Å². The normalized spacial score (nSPS) is 10.6. The molecule has 0 saturated carbocycles. The molecule has 0 bridgehead atoms. The second-order valence-electron chi connectivity index (χ2n) is 3.16. The van der Waals surface area contributed by atoms with Gasteiger partial charge in [-0.25, -0.2) is 4.79 Å². The van der Waals surface area contributed by atoms with E-state index in [4.69, 9.17) is 16.7 Å². The number of H-pyrrole nitrogens is 1. The van der Waals surface area contributed by atoms with Crippen molar-refractivity contribution in [3.63, 3.8) is 0 Å². The molecule has 1 aromatic carbocycles. The van der Waals surface area contributed by atoms with E-state index in [1.165, 1.54) is 6.07 Å². The predicted molar refractivity (Wildman–Crippen MR) is 69.3 cm³/mol. The number of carbonyl (C=O) groups is 1. The summed E-state index contributed by atoms with van der Waals surface area (Å²) in [7, 11) is 0. The zero-order valence-corrected chi connectivity index (χ0v) is 10.7. The second-order valence-corrected chi connectivity index (χ2v) is 4.76. The van der Waals surface area contributed by atoms with Gasteiger partial charge in [0.1, 0.15) is 5.69 Å². The smallest absolute Gasteiger partial charge is 0.352 e. The van der Waals surface area contributed by atoms with Gasteiger partial charge >= 0.3 is 5.97 Å². The van der Waals surface area contributed by atoms with Crippen molar-refractivity contribution in [2.45, 2.75) is 0 Å². The number of aromatic amines is 1. The van der Waals surface area contributed by atoms with Crippen LogP contribution in [0.3, 0.4) is 0 Å². The third kappa shape index (κ3) is 1.92. The van der Waals surface area contributed by atoms with Crippen LogP contribution in [-0.4, -0.2) is 16.1 Å². The molecule has 0 atom stereocenters. The maximum absolute atomic E-state index is 11.7. The van der Waals surface area contributed by atoms with Crippen molar-refractivity contribution < 1.29 is 9.90 Å². The topological polar surface area (TPSA) is 70.2 Å². The van der Waals surface area contributed by atoms with Gasteiger partial charge < -0.3 is 10.1 Å². The van der Waals surface area contributed by atoms with Crippen LogP contribution in [-0.2, 0) is 0 Å².